The predicted molar refractivity (Wildman–Crippen MR) is 89.6 cm³/mol. The summed E-state index contributed by atoms with van der Waals surface area (Å²) in [6.45, 7) is 9.23. The molecule has 0 N–H and O–H groups in total. The fraction of sp³-hybridized carbons (Fsp3) is 0.789. The Kier molecular flexibility index (Phi) is 12.2. The lowest BCUT2D eigenvalue weighted by atomic mass is 9.89. The molecule has 0 radical (unpaired) electrons. The molecular weight excluding hydrogens is 228 g/mol. The Labute approximate surface area is 122 Å². The van der Waals surface area contributed by atoms with Crippen LogP contribution in [0.4, 0.5) is 0 Å². The zero-order chi connectivity index (χ0) is 14.4. The van der Waals surface area contributed by atoms with Crippen molar-refractivity contribution in [2.24, 2.45) is 5.41 Å². The largest absolute Gasteiger partial charge is 0.0885 e. The summed E-state index contributed by atoms with van der Waals surface area (Å²) in [6.07, 6.45) is 22.5. The standard InChI is InChI=1S/C19H36/c1-5-6-7-8-9-10-11-12-13-14-15-16-17-18-19(2,3)4/h7-8,13-14H,5-6,9-12,15-18H2,1-4H3/b8-7-,14-13-. The van der Waals surface area contributed by atoms with E-state index in [-0.39, 0.29) is 0 Å². The normalized spacial score (nSPS) is 12.8. The second kappa shape index (κ2) is 12.5. The minimum Gasteiger partial charge on any atom is -0.0885 e. The highest BCUT2D eigenvalue weighted by atomic mass is 14.1. The SMILES string of the molecule is CCC/C=C\CCCC/C=C\CCCCC(C)(C)C. The van der Waals surface area contributed by atoms with E-state index < -0.39 is 0 Å². The summed E-state index contributed by atoms with van der Waals surface area (Å²) in [4.78, 5) is 0. The van der Waals surface area contributed by atoms with Gasteiger partial charge in [0, 0.05) is 0 Å². The summed E-state index contributed by atoms with van der Waals surface area (Å²) in [5, 5.41) is 0. The summed E-state index contributed by atoms with van der Waals surface area (Å²) < 4.78 is 0. The van der Waals surface area contributed by atoms with Crippen molar-refractivity contribution in [2.75, 3.05) is 0 Å². The molecule has 19 heavy (non-hydrogen) atoms. The Hall–Kier alpha value is -0.520. The highest BCUT2D eigenvalue weighted by Crippen LogP contribution is 2.22. The first kappa shape index (κ1) is 18.5. The van der Waals surface area contributed by atoms with Crippen LogP contribution < -0.4 is 0 Å². The monoisotopic (exact) mass is 264 g/mol. The predicted octanol–water partition coefficient (Wildman–Crippen LogP) is 7.07. The molecule has 0 amide bonds. The van der Waals surface area contributed by atoms with Gasteiger partial charge >= 0.3 is 0 Å². The zero-order valence-electron chi connectivity index (χ0n) is 13.9. The van der Waals surface area contributed by atoms with Gasteiger partial charge in [-0.2, -0.15) is 0 Å². The molecule has 0 aliphatic rings. The van der Waals surface area contributed by atoms with Crippen LogP contribution in [0.25, 0.3) is 0 Å². The van der Waals surface area contributed by atoms with E-state index in [2.05, 4.69) is 52.0 Å². The number of allylic oxidation sites excluding steroid dienone is 4. The molecule has 0 aliphatic carbocycles. The molecule has 0 aromatic heterocycles. The molecule has 0 atom stereocenters. The summed E-state index contributed by atoms with van der Waals surface area (Å²) >= 11 is 0. The minimum absolute atomic E-state index is 0.509. The molecule has 0 fully saturated rings. The van der Waals surface area contributed by atoms with Crippen LogP contribution in [-0.4, -0.2) is 0 Å². The fourth-order valence-corrected chi connectivity index (χ4v) is 2.08. The van der Waals surface area contributed by atoms with E-state index in [9.17, 15) is 0 Å². The van der Waals surface area contributed by atoms with Crippen molar-refractivity contribution in [3.8, 4) is 0 Å². The maximum Gasteiger partial charge on any atom is -0.0351 e. The summed E-state index contributed by atoms with van der Waals surface area (Å²) in [6, 6.07) is 0. The van der Waals surface area contributed by atoms with E-state index in [1.165, 1.54) is 64.2 Å². The Balaban J connectivity index is 3.22. The molecule has 0 aromatic carbocycles. The first-order valence-electron chi connectivity index (χ1n) is 8.36. The van der Waals surface area contributed by atoms with Crippen molar-refractivity contribution in [2.45, 2.75) is 91.9 Å². The summed E-state index contributed by atoms with van der Waals surface area (Å²) in [5.74, 6) is 0. The average molecular weight is 264 g/mol. The van der Waals surface area contributed by atoms with E-state index in [4.69, 9.17) is 0 Å². The Bertz CT molecular complexity index is 227. The van der Waals surface area contributed by atoms with Crippen LogP contribution in [-0.2, 0) is 0 Å². The molecule has 0 heterocycles. The van der Waals surface area contributed by atoms with Crippen LogP contribution in [0.3, 0.4) is 0 Å². The Morgan fingerprint density at radius 3 is 1.47 bits per heavy atom. The first-order valence-corrected chi connectivity index (χ1v) is 8.36. The maximum atomic E-state index is 2.38. The van der Waals surface area contributed by atoms with Crippen molar-refractivity contribution >= 4 is 0 Å². The average Bonchev–Trinajstić information content (AvgIpc) is 2.34. The van der Waals surface area contributed by atoms with E-state index in [0.717, 1.165) is 0 Å². The lowest BCUT2D eigenvalue weighted by molar-refractivity contribution is 0.361. The number of hydrogen-bond donors (Lipinski definition) is 0. The topological polar surface area (TPSA) is 0 Å². The maximum absolute atomic E-state index is 2.38. The lowest BCUT2D eigenvalue weighted by Gasteiger charge is -2.17. The molecule has 0 saturated heterocycles. The summed E-state index contributed by atoms with van der Waals surface area (Å²) in [5.41, 5.74) is 0.509. The van der Waals surface area contributed by atoms with Crippen LogP contribution in [0, 0.1) is 5.41 Å². The Morgan fingerprint density at radius 1 is 0.632 bits per heavy atom. The highest BCUT2D eigenvalue weighted by Gasteiger charge is 2.08. The van der Waals surface area contributed by atoms with Gasteiger partial charge in [0.05, 0.1) is 0 Å². The van der Waals surface area contributed by atoms with Gasteiger partial charge < -0.3 is 0 Å². The van der Waals surface area contributed by atoms with Crippen LogP contribution >= 0.6 is 0 Å². The first-order chi connectivity index (χ1) is 9.06. The molecule has 0 nitrogen and oxygen atoms in total. The van der Waals surface area contributed by atoms with Gasteiger partial charge in [-0.25, -0.2) is 0 Å². The van der Waals surface area contributed by atoms with Gasteiger partial charge in [0.25, 0.3) is 0 Å². The van der Waals surface area contributed by atoms with Crippen molar-refractivity contribution in [3.63, 3.8) is 0 Å². The molecule has 0 unspecified atom stereocenters. The van der Waals surface area contributed by atoms with Gasteiger partial charge in [-0.3, -0.25) is 0 Å². The third-order valence-corrected chi connectivity index (χ3v) is 3.33. The molecule has 0 aliphatic heterocycles. The van der Waals surface area contributed by atoms with Gasteiger partial charge in [-0.1, -0.05) is 64.8 Å². The molecule has 0 heteroatoms. The summed E-state index contributed by atoms with van der Waals surface area (Å²) in [7, 11) is 0. The zero-order valence-corrected chi connectivity index (χ0v) is 13.9. The molecular formula is C19H36. The van der Waals surface area contributed by atoms with E-state index in [1.807, 2.05) is 0 Å². The van der Waals surface area contributed by atoms with Crippen LogP contribution in [0.5, 0.6) is 0 Å². The molecule has 0 aromatic rings. The van der Waals surface area contributed by atoms with Gasteiger partial charge in [0.15, 0.2) is 0 Å². The number of hydrogen-bond acceptors (Lipinski definition) is 0. The molecule has 0 rings (SSSR count). The van der Waals surface area contributed by atoms with E-state index in [0.29, 0.717) is 5.41 Å². The van der Waals surface area contributed by atoms with Crippen LogP contribution in [0.1, 0.15) is 91.9 Å². The Morgan fingerprint density at radius 2 is 1.05 bits per heavy atom. The van der Waals surface area contributed by atoms with Crippen molar-refractivity contribution in [3.05, 3.63) is 24.3 Å². The van der Waals surface area contributed by atoms with Gasteiger partial charge in [-0.05, 0) is 56.8 Å². The number of unbranched alkanes of at least 4 members (excludes halogenated alkanes) is 6. The van der Waals surface area contributed by atoms with Gasteiger partial charge in [-0.15, -0.1) is 0 Å². The second-order valence-electron chi connectivity index (χ2n) is 6.82. The highest BCUT2D eigenvalue weighted by molar-refractivity contribution is 4.83. The van der Waals surface area contributed by atoms with Crippen molar-refractivity contribution < 1.29 is 0 Å². The van der Waals surface area contributed by atoms with Gasteiger partial charge in [0.1, 0.15) is 0 Å². The molecule has 112 valence electrons. The number of rotatable bonds is 11. The van der Waals surface area contributed by atoms with E-state index >= 15 is 0 Å². The third kappa shape index (κ3) is 17.5. The van der Waals surface area contributed by atoms with E-state index in [1.54, 1.807) is 0 Å². The quantitative estimate of drug-likeness (QED) is 0.276. The van der Waals surface area contributed by atoms with Gasteiger partial charge in [0.2, 0.25) is 0 Å². The molecule has 0 bridgehead atoms. The minimum atomic E-state index is 0.509. The third-order valence-electron chi connectivity index (χ3n) is 3.33. The van der Waals surface area contributed by atoms with Crippen LogP contribution in [0.15, 0.2) is 24.3 Å². The smallest absolute Gasteiger partial charge is 0.0351 e. The van der Waals surface area contributed by atoms with Crippen molar-refractivity contribution in [1.82, 2.24) is 0 Å². The lowest BCUT2D eigenvalue weighted by Crippen LogP contribution is -2.03. The van der Waals surface area contributed by atoms with Crippen LogP contribution in [0.2, 0.25) is 0 Å². The second-order valence-corrected chi connectivity index (χ2v) is 6.82. The molecule has 0 spiro atoms. The van der Waals surface area contributed by atoms with Crippen molar-refractivity contribution in [1.29, 1.82) is 0 Å². The molecule has 0 saturated carbocycles. The fourth-order valence-electron chi connectivity index (χ4n) is 2.08.